The number of alkyl halides is 14. The first-order valence-corrected chi connectivity index (χ1v) is 8.34. The van der Waals surface area contributed by atoms with Crippen LogP contribution >= 0.6 is 0 Å². The van der Waals surface area contributed by atoms with Gasteiger partial charge in [0.2, 0.25) is 0 Å². The average Bonchev–Trinajstić information content (AvgIpc) is 2.81. The molecule has 0 radical (unpaired) electrons. The van der Waals surface area contributed by atoms with Crippen molar-refractivity contribution < 1.29 is 97.5 Å². The van der Waals surface area contributed by atoms with Crippen LogP contribution in [0.2, 0.25) is 0 Å². The van der Waals surface area contributed by atoms with Gasteiger partial charge in [-0.3, -0.25) is 9.47 Å². The molecule has 7 nitrogen and oxygen atoms in total. The largest absolute Gasteiger partial charge is 0.466 e. The van der Waals surface area contributed by atoms with Crippen molar-refractivity contribution in [3.63, 3.8) is 0 Å². The maximum absolute atomic E-state index is 14.2. The van der Waals surface area contributed by atoms with Crippen molar-refractivity contribution in [2.75, 3.05) is 6.61 Å². The number of halogens is 15. The molecule has 1 heterocycles. The number of carbonyl (C=O) groups is 1. The predicted molar refractivity (Wildman–Crippen MR) is 62.7 cm³/mol. The van der Waals surface area contributed by atoms with Gasteiger partial charge in [-0.2, -0.15) is 69.9 Å². The second-order valence-electron chi connectivity index (χ2n) is 5.55. The van der Waals surface area contributed by atoms with Crippen LogP contribution in [0.25, 0.3) is 0 Å². The first-order chi connectivity index (χ1) is 14.2. The zero-order valence-electron chi connectivity index (χ0n) is 14.2. The Morgan fingerprint density at radius 2 is 1.33 bits per heavy atom. The summed E-state index contributed by atoms with van der Waals surface area (Å²) in [6.45, 7) is -3.61. The first-order valence-electron chi connectivity index (χ1n) is 6.96. The Morgan fingerprint density at radius 3 is 1.70 bits per heavy atom. The fourth-order valence-electron chi connectivity index (χ4n) is 1.73. The number of ether oxygens (including phenoxy) is 4. The van der Waals surface area contributed by atoms with Crippen LogP contribution in [-0.2, 0) is 34.0 Å². The van der Waals surface area contributed by atoms with Crippen molar-refractivity contribution in [3.05, 3.63) is 0 Å². The van der Waals surface area contributed by atoms with Gasteiger partial charge in [-0.05, 0) is 0 Å². The highest BCUT2D eigenvalue weighted by Crippen LogP contribution is 2.63. The van der Waals surface area contributed by atoms with Crippen molar-refractivity contribution in [3.8, 4) is 0 Å². The van der Waals surface area contributed by atoms with Crippen LogP contribution in [0.5, 0.6) is 0 Å². The van der Waals surface area contributed by atoms with Gasteiger partial charge >= 0.3 is 64.0 Å². The minimum Gasteiger partial charge on any atom is -0.392 e. The second kappa shape index (κ2) is 7.90. The van der Waals surface area contributed by atoms with Crippen molar-refractivity contribution in [2.24, 2.45) is 0 Å². The number of rotatable bonds is 8. The Morgan fingerprint density at radius 1 is 0.879 bits per heavy atom. The van der Waals surface area contributed by atoms with Crippen LogP contribution in [-0.4, -0.2) is 68.8 Å². The Balaban J connectivity index is 3.54. The van der Waals surface area contributed by atoms with E-state index in [0.29, 0.717) is 0 Å². The van der Waals surface area contributed by atoms with E-state index in [1.807, 2.05) is 0 Å². The summed E-state index contributed by atoms with van der Waals surface area (Å²) in [5.41, 5.74) is 0. The van der Waals surface area contributed by atoms with E-state index < -0.39 is 70.6 Å². The summed E-state index contributed by atoms with van der Waals surface area (Å²) in [6, 6.07) is 0. The standard InChI is InChI=1S/C10H3F15O7S/c11-2(12)3(26)30-10(23,24)6(7(16,17)18)31-5(15,9(21,22)32-6)8(19,20)29-1-4(13,14)33(25,27)28/h2H,1H2. The van der Waals surface area contributed by atoms with Crippen molar-refractivity contribution in [2.45, 2.75) is 47.8 Å². The minimum atomic E-state index is -7.35. The van der Waals surface area contributed by atoms with Crippen LogP contribution in [0, 0.1) is 0 Å². The summed E-state index contributed by atoms with van der Waals surface area (Å²) >= 11 is 0. The third-order valence-electron chi connectivity index (χ3n) is 3.25. The number of esters is 1. The molecule has 196 valence electrons. The van der Waals surface area contributed by atoms with Crippen LogP contribution in [0.1, 0.15) is 0 Å². The van der Waals surface area contributed by atoms with E-state index in [2.05, 4.69) is 18.9 Å². The van der Waals surface area contributed by atoms with Gasteiger partial charge in [0.25, 0.3) is 0 Å². The van der Waals surface area contributed by atoms with E-state index in [0.717, 1.165) is 0 Å². The molecule has 1 aliphatic rings. The van der Waals surface area contributed by atoms with E-state index in [1.54, 1.807) is 0 Å². The minimum absolute atomic E-state index is 2.18. The van der Waals surface area contributed by atoms with Crippen LogP contribution in [0.15, 0.2) is 0 Å². The summed E-state index contributed by atoms with van der Waals surface area (Å²) in [6.07, 6.45) is -33.1. The lowest BCUT2D eigenvalue weighted by atomic mass is 10.2. The molecule has 0 spiro atoms. The normalized spacial score (nSPS) is 27.2. The van der Waals surface area contributed by atoms with Gasteiger partial charge in [0.1, 0.15) is 6.61 Å². The van der Waals surface area contributed by atoms with E-state index in [4.69, 9.17) is 0 Å². The molecular weight excluding hydrogens is 549 g/mol. The molecule has 0 N–H and O–H groups in total. The lowest BCUT2D eigenvalue weighted by Crippen LogP contribution is -2.63. The quantitative estimate of drug-likeness (QED) is 0.259. The van der Waals surface area contributed by atoms with E-state index in [9.17, 15) is 78.6 Å². The van der Waals surface area contributed by atoms with Crippen molar-refractivity contribution in [1.29, 1.82) is 0 Å². The molecule has 1 saturated heterocycles. The zero-order chi connectivity index (χ0) is 26.7. The third kappa shape index (κ3) is 4.76. The Labute approximate surface area is 169 Å². The molecule has 2 unspecified atom stereocenters. The third-order valence-corrected chi connectivity index (χ3v) is 4.08. The van der Waals surface area contributed by atoms with Gasteiger partial charge in [0, 0.05) is 0 Å². The fourth-order valence-corrected chi connectivity index (χ4v) is 1.93. The number of hydrogen-bond donors (Lipinski definition) is 0. The molecule has 0 aromatic carbocycles. The maximum atomic E-state index is 14.2. The Kier molecular flexibility index (Phi) is 7.01. The molecule has 23 heteroatoms. The molecule has 0 aromatic heterocycles. The zero-order valence-corrected chi connectivity index (χ0v) is 15.0. The van der Waals surface area contributed by atoms with E-state index in [1.165, 1.54) is 0 Å². The number of hydrogen-bond acceptors (Lipinski definition) is 7. The van der Waals surface area contributed by atoms with E-state index >= 15 is 0 Å². The molecular formula is C10H3F15O7S. The summed E-state index contributed by atoms with van der Waals surface area (Å²) in [4.78, 5) is 10.5. The van der Waals surface area contributed by atoms with Gasteiger partial charge in [0.05, 0.1) is 0 Å². The molecule has 2 atom stereocenters. The van der Waals surface area contributed by atoms with Crippen LogP contribution < -0.4 is 0 Å². The molecule has 1 fully saturated rings. The summed E-state index contributed by atoms with van der Waals surface area (Å²) in [5.74, 6) is -17.5. The summed E-state index contributed by atoms with van der Waals surface area (Å²) in [7, 11) is -7.19. The van der Waals surface area contributed by atoms with Gasteiger partial charge in [0.15, 0.2) is 0 Å². The van der Waals surface area contributed by atoms with Gasteiger partial charge in [-0.1, -0.05) is 3.89 Å². The van der Waals surface area contributed by atoms with Crippen molar-refractivity contribution >= 4 is 16.2 Å². The van der Waals surface area contributed by atoms with Gasteiger partial charge < -0.3 is 9.47 Å². The molecule has 0 bridgehead atoms. The lowest BCUT2D eigenvalue weighted by Gasteiger charge is -2.35. The van der Waals surface area contributed by atoms with Crippen molar-refractivity contribution in [1.82, 2.24) is 0 Å². The highest BCUT2D eigenvalue weighted by atomic mass is 32.3. The maximum Gasteiger partial charge on any atom is 0.466 e. The first kappa shape index (κ1) is 29.3. The molecule has 1 aliphatic heterocycles. The number of carbonyl (C=O) groups excluding carboxylic acids is 1. The molecule has 0 aromatic rings. The molecule has 0 saturated carbocycles. The highest BCUT2D eigenvalue weighted by Gasteiger charge is 2.93. The summed E-state index contributed by atoms with van der Waals surface area (Å²) < 4.78 is 226. The SMILES string of the molecule is O=C(OC(F)(F)C1(C(F)(F)F)OC(F)(F)C(F)(C(F)(F)OCC(F)(F)S(=O)(=O)F)O1)C(F)F. The predicted octanol–water partition coefficient (Wildman–Crippen LogP) is 3.45. The van der Waals surface area contributed by atoms with Crippen LogP contribution in [0.4, 0.5) is 65.4 Å². The van der Waals surface area contributed by atoms with Gasteiger partial charge in [-0.25, -0.2) is 4.79 Å². The molecule has 0 amide bonds. The molecule has 1 rings (SSSR count). The van der Waals surface area contributed by atoms with Crippen LogP contribution in [0.3, 0.4) is 0 Å². The monoisotopic (exact) mass is 552 g/mol. The average molecular weight is 552 g/mol. The Bertz CT molecular complexity index is 871. The van der Waals surface area contributed by atoms with E-state index in [-0.39, 0.29) is 0 Å². The molecule has 0 aliphatic carbocycles. The Hall–Kier alpha value is -1.75. The highest BCUT2D eigenvalue weighted by molar-refractivity contribution is 7.87. The topological polar surface area (TPSA) is 88.1 Å². The molecule has 33 heavy (non-hydrogen) atoms. The lowest BCUT2D eigenvalue weighted by molar-refractivity contribution is -0.488. The smallest absolute Gasteiger partial charge is 0.392 e. The van der Waals surface area contributed by atoms with Gasteiger partial charge in [-0.15, -0.1) is 0 Å². The summed E-state index contributed by atoms with van der Waals surface area (Å²) in [5, 5.41) is -6.08. The second-order valence-corrected chi connectivity index (χ2v) is 7.02. The fraction of sp³-hybridized carbons (Fsp3) is 0.900.